The predicted octanol–water partition coefficient (Wildman–Crippen LogP) is 2.07. The van der Waals surface area contributed by atoms with Crippen LogP contribution in [0.4, 0.5) is 5.69 Å². The van der Waals surface area contributed by atoms with Crippen molar-refractivity contribution in [3.8, 4) is 17.2 Å². The van der Waals surface area contributed by atoms with E-state index in [1.807, 2.05) is 0 Å². The molecule has 1 aliphatic heterocycles. The molecule has 1 N–H and O–H groups in total. The van der Waals surface area contributed by atoms with Crippen LogP contribution in [0.2, 0.25) is 0 Å². The molecule has 0 spiro atoms. The maximum Gasteiger partial charge on any atom is 0.346 e. The van der Waals surface area contributed by atoms with Crippen LogP contribution in [0, 0.1) is 0 Å². The highest BCUT2D eigenvalue weighted by Crippen LogP contribution is 2.30. The molecule has 0 unspecified atom stereocenters. The number of ether oxygens (including phenoxy) is 4. The lowest BCUT2D eigenvalue weighted by Crippen LogP contribution is -2.25. The Kier molecular flexibility index (Phi) is 5.25. The van der Waals surface area contributed by atoms with Crippen LogP contribution in [0.1, 0.15) is 20.7 Å². The number of nitrogens with one attached hydrogen (secondary N) is 1. The summed E-state index contributed by atoms with van der Waals surface area (Å²) in [6, 6.07) is 9.44. The first-order chi connectivity index (χ1) is 13.0. The first kappa shape index (κ1) is 18.2. The molecule has 0 aromatic heterocycles. The molecule has 2 aromatic carbocycles. The zero-order valence-corrected chi connectivity index (χ0v) is 14.7. The van der Waals surface area contributed by atoms with Crippen molar-refractivity contribution in [3.05, 3.63) is 47.5 Å². The van der Waals surface area contributed by atoms with Gasteiger partial charge in [-0.25, -0.2) is 4.79 Å². The number of methoxy groups -OCH3 is 2. The smallest absolute Gasteiger partial charge is 0.346 e. The van der Waals surface area contributed by atoms with Crippen LogP contribution in [-0.2, 0) is 9.53 Å². The third kappa shape index (κ3) is 3.84. The number of anilines is 1. The molecule has 1 aliphatic rings. The van der Waals surface area contributed by atoms with Gasteiger partial charge in [0.1, 0.15) is 22.8 Å². The zero-order valence-electron chi connectivity index (χ0n) is 14.7. The Morgan fingerprint density at radius 1 is 1.11 bits per heavy atom. The van der Waals surface area contributed by atoms with Gasteiger partial charge in [0.15, 0.2) is 19.0 Å². The first-order valence-electron chi connectivity index (χ1n) is 8.01. The van der Waals surface area contributed by atoms with Crippen molar-refractivity contribution >= 4 is 23.3 Å². The van der Waals surface area contributed by atoms with Gasteiger partial charge >= 0.3 is 5.97 Å². The summed E-state index contributed by atoms with van der Waals surface area (Å²) in [7, 11) is 2.83. The van der Waals surface area contributed by atoms with Crippen LogP contribution in [0.25, 0.3) is 0 Å². The van der Waals surface area contributed by atoms with Crippen molar-refractivity contribution in [1.82, 2.24) is 0 Å². The van der Waals surface area contributed by atoms with Gasteiger partial charge in [0.2, 0.25) is 0 Å². The molecule has 3 rings (SSSR count). The van der Waals surface area contributed by atoms with Crippen molar-refractivity contribution in [2.24, 2.45) is 0 Å². The van der Waals surface area contributed by atoms with E-state index in [0.717, 1.165) is 0 Å². The number of hydrogen-bond acceptors (Lipinski definition) is 7. The minimum Gasteiger partial charge on any atom is -0.496 e. The number of fused-ring (bicyclic) bond motifs is 1. The molecule has 0 saturated heterocycles. The fourth-order valence-electron chi connectivity index (χ4n) is 2.60. The quantitative estimate of drug-likeness (QED) is 0.613. The second-order valence-corrected chi connectivity index (χ2v) is 5.58. The van der Waals surface area contributed by atoms with Gasteiger partial charge in [-0.15, -0.1) is 0 Å². The van der Waals surface area contributed by atoms with Gasteiger partial charge in [-0.1, -0.05) is 6.07 Å². The van der Waals surface area contributed by atoms with Crippen LogP contribution in [-0.4, -0.2) is 45.1 Å². The Labute approximate surface area is 155 Å². The number of Topliss-reactive ketones (excluding diaryl/α,β-unsaturated/α-hetero) is 1. The Morgan fingerprint density at radius 3 is 2.48 bits per heavy atom. The summed E-state index contributed by atoms with van der Waals surface area (Å²) in [4.78, 5) is 36.2. The summed E-state index contributed by atoms with van der Waals surface area (Å²) < 4.78 is 20.7. The van der Waals surface area contributed by atoms with Gasteiger partial charge < -0.3 is 24.3 Å². The molecule has 8 heteroatoms. The second-order valence-electron chi connectivity index (χ2n) is 5.58. The Balaban J connectivity index is 1.72. The molecule has 0 atom stereocenters. The molecule has 27 heavy (non-hydrogen) atoms. The number of ketones is 1. The average Bonchev–Trinajstić information content (AvgIpc) is 2.70. The molecule has 8 nitrogen and oxygen atoms in total. The topological polar surface area (TPSA) is 100 Å². The lowest BCUT2D eigenvalue weighted by atomic mass is 10.1. The minimum atomic E-state index is -0.743. The maximum absolute atomic E-state index is 12.4. The molecule has 0 aliphatic carbocycles. The normalized spacial score (nSPS) is 12.3. The van der Waals surface area contributed by atoms with Crippen LogP contribution in [0.15, 0.2) is 36.4 Å². The molecule has 140 valence electrons. The molecule has 0 bridgehead atoms. The van der Waals surface area contributed by atoms with Gasteiger partial charge in [0, 0.05) is 5.56 Å². The van der Waals surface area contributed by atoms with Crippen LogP contribution < -0.4 is 19.5 Å². The number of carbonyl (C=O) groups is 3. The van der Waals surface area contributed by atoms with E-state index >= 15 is 0 Å². The van der Waals surface area contributed by atoms with Gasteiger partial charge in [0.05, 0.1) is 19.9 Å². The third-order valence-electron chi connectivity index (χ3n) is 3.90. The van der Waals surface area contributed by atoms with Crippen molar-refractivity contribution in [3.63, 3.8) is 0 Å². The summed E-state index contributed by atoms with van der Waals surface area (Å²) in [5, 5.41) is 2.62. The highest BCUT2D eigenvalue weighted by atomic mass is 16.5. The van der Waals surface area contributed by atoms with E-state index in [2.05, 4.69) is 5.32 Å². The van der Waals surface area contributed by atoms with E-state index in [1.165, 1.54) is 26.4 Å². The average molecular weight is 371 g/mol. The number of carbonyl (C=O) groups excluding carboxylic acids is 3. The third-order valence-corrected chi connectivity index (χ3v) is 3.90. The Bertz CT molecular complexity index is 885. The largest absolute Gasteiger partial charge is 0.496 e. The predicted molar refractivity (Wildman–Crippen MR) is 94.7 cm³/mol. The fraction of sp³-hybridized carbons (Fsp3) is 0.211. The molecule has 0 fully saturated rings. The molecule has 2 aromatic rings. The van der Waals surface area contributed by atoms with Crippen LogP contribution in [0.3, 0.4) is 0 Å². The van der Waals surface area contributed by atoms with E-state index in [1.54, 1.807) is 24.3 Å². The van der Waals surface area contributed by atoms with E-state index in [-0.39, 0.29) is 35.1 Å². The standard InChI is InChI=1S/C19H17NO7/c1-24-15-4-3-5-16(25-2)18(15)19(23)27-9-13(21)11-6-7-14-12(8-11)20-17(22)10-26-14/h3-8H,9-10H2,1-2H3,(H,20,22). The fourth-order valence-corrected chi connectivity index (χ4v) is 2.60. The van der Waals surface area contributed by atoms with Gasteiger partial charge in [-0.05, 0) is 30.3 Å². The molecular formula is C19H17NO7. The highest BCUT2D eigenvalue weighted by molar-refractivity contribution is 6.03. The van der Waals surface area contributed by atoms with Gasteiger partial charge in [-0.3, -0.25) is 9.59 Å². The Hall–Kier alpha value is -3.55. The summed E-state index contributed by atoms with van der Waals surface area (Å²) in [5.41, 5.74) is 0.774. The van der Waals surface area contributed by atoms with E-state index in [9.17, 15) is 14.4 Å². The number of rotatable bonds is 6. The molecule has 0 radical (unpaired) electrons. The van der Waals surface area contributed by atoms with Crippen molar-refractivity contribution in [2.45, 2.75) is 0 Å². The van der Waals surface area contributed by atoms with Crippen molar-refractivity contribution < 1.29 is 33.3 Å². The van der Waals surface area contributed by atoms with E-state index < -0.39 is 18.4 Å². The van der Waals surface area contributed by atoms with E-state index in [0.29, 0.717) is 11.4 Å². The number of hydrogen-bond donors (Lipinski definition) is 1. The monoisotopic (exact) mass is 371 g/mol. The lowest BCUT2D eigenvalue weighted by molar-refractivity contribution is -0.118. The van der Waals surface area contributed by atoms with Crippen LogP contribution in [0.5, 0.6) is 17.2 Å². The summed E-state index contributed by atoms with van der Waals surface area (Å²) in [5.74, 6) is -0.448. The molecular weight excluding hydrogens is 354 g/mol. The molecule has 0 saturated carbocycles. The second kappa shape index (κ2) is 7.77. The summed E-state index contributed by atoms with van der Waals surface area (Å²) >= 11 is 0. The number of amides is 1. The van der Waals surface area contributed by atoms with Gasteiger partial charge in [0.25, 0.3) is 5.91 Å². The summed E-state index contributed by atoms with van der Waals surface area (Å²) in [6.07, 6.45) is 0. The van der Waals surface area contributed by atoms with Crippen molar-refractivity contribution in [1.29, 1.82) is 0 Å². The van der Waals surface area contributed by atoms with Gasteiger partial charge in [-0.2, -0.15) is 0 Å². The maximum atomic E-state index is 12.4. The molecule has 1 heterocycles. The van der Waals surface area contributed by atoms with Crippen LogP contribution >= 0.6 is 0 Å². The highest BCUT2D eigenvalue weighted by Gasteiger charge is 2.22. The summed E-state index contributed by atoms with van der Waals surface area (Å²) in [6.45, 7) is -0.549. The Morgan fingerprint density at radius 2 is 1.81 bits per heavy atom. The SMILES string of the molecule is COc1cccc(OC)c1C(=O)OCC(=O)c1ccc2c(c1)NC(=O)CO2. The lowest BCUT2D eigenvalue weighted by Gasteiger charge is -2.18. The molecule has 1 amide bonds. The first-order valence-corrected chi connectivity index (χ1v) is 8.01. The van der Waals surface area contributed by atoms with E-state index in [4.69, 9.17) is 18.9 Å². The number of esters is 1. The number of benzene rings is 2. The van der Waals surface area contributed by atoms with Crippen molar-refractivity contribution in [2.75, 3.05) is 32.8 Å². The zero-order chi connectivity index (χ0) is 19.4. The minimum absolute atomic E-state index is 0.0708.